The fourth-order valence-electron chi connectivity index (χ4n) is 3.72. The molecule has 1 aromatic carbocycles. The predicted octanol–water partition coefficient (Wildman–Crippen LogP) is 6.68. The highest BCUT2D eigenvalue weighted by Gasteiger charge is 2.39. The van der Waals surface area contributed by atoms with E-state index in [1.807, 2.05) is 51.1 Å². The van der Waals surface area contributed by atoms with Crippen LogP contribution in [0.15, 0.2) is 42.5 Å². The predicted molar refractivity (Wildman–Crippen MR) is 140 cm³/mol. The van der Waals surface area contributed by atoms with Gasteiger partial charge in [-0.2, -0.15) is 0 Å². The Bertz CT molecular complexity index is 782. The van der Waals surface area contributed by atoms with Crippen molar-refractivity contribution in [3.8, 4) is 0 Å². The molecular weight excluding hydrogens is 444 g/mol. The van der Waals surface area contributed by atoms with Crippen LogP contribution >= 0.6 is 0 Å². The van der Waals surface area contributed by atoms with Crippen LogP contribution in [0.3, 0.4) is 0 Å². The van der Waals surface area contributed by atoms with Crippen molar-refractivity contribution in [2.24, 2.45) is 5.92 Å². The monoisotopic (exact) mass is 490 g/mol. The quantitative estimate of drug-likeness (QED) is 0.186. The van der Waals surface area contributed by atoms with Crippen molar-refractivity contribution in [3.63, 3.8) is 0 Å². The molecular formula is C28H46O5Si. The Morgan fingerprint density at radius 2 is 1.85 bits per heavy atom. The molecule has 0 N–H and O–H groups in total. The number of Topliss-reactive ketones (excluding diaryl/α,β-unsaturated/α-hetero) is 1. The fraction of sp³-hybridized carbons (Fsp3) is 0.679. The molecule has 0 unspecified atom stereocenters. The van der Waals surface area contributed by atoms with Gasteiger partial charge < -0.3 is 18.6 Å². The molecule has 1 fully saturated rings. The summed E-state index contributed by atoms with van der Waals surface area (Å²) >= 11 is 0. The number of benzene rings is 1. The third-order valence-electron chi connectivity index (χ3n) is 6.91. The van der Waals surface area contributed by atoms with Crippen LogP contribution in [0.25, 0.3) is 0 Å². The van der Waals surface area contributed by atoms with E-state index in [0.29, 0.717) is 26.1 Å². The van der Waals surface area contributed by atoms with Gasteiger partial charge in [0.15, 0.2) is 14.1 Å². The van der Waals surface area contributed by atoms with Crippen molar-refractivity contribution in [1.82, 2.24) is 0 Å². The molecule has 0 aliphatic carbocycles. The van der Waals surface area contributed by atoms with Crippen LogP contribution in [0.1, 0.15) is 66.4 Å². The molecule has 1 aliphatic heterocycles. The summed E-state index contributed by atoms with van der Waals surface area (Å²) in [5.41, 5.74) is 1.11. The summed E-state index contributed by atoms with van der Waals surface area (Å²) in [5.74, 6) is -0.768. The van der Waals surface area contributed by atoms with Crippen molar-refractivity contribution in [2.75, 3.05) is 13.2 Å². The second-order valence-corrected chi connectivity index (χ2v) is 16.1. The van der Waals surface area contributed by atoms with Crippen LogP contribution in [0.5, 0.6) is 0 Å². The van der Waals surface area contributed by atoms with E-state index in [4.69, 9.17) is 18.6 Å². The normalized spacial score (nSPS) is 22.1. The smallest absolute Gasteiger partial charge is 0.191 e. The minimum atomic E-state index is -1.72. The number of hydrogen-bond acceptors (Lipinski definition) is 5. The summed E-state index contributed by atoms with van der Waals surface area (Å²) in [6.07, 6.45) is 5.90. The van der Waals surface area contributed by atoms with E-state index in [0.717, 1.165) is 18.6 Å². The molecule has 0 aromatic heterocycles. The van der Waals surface area contributed by atoms with E-state index in [-0.39, 0.29) is 28.9 Å². The molecule has 5 nitrogen and oxygen atoms in total. The van der Waals surface area contributed by atoms with Gasteiger partial charge in [0.2, 0.25) is 0 Å². The van der Waals surface area contributed by atoms with Gasteiger partial charge in [-0.15, -0.1) is 0 Å². The van der Waals surface area contributed by atoms with Crippen LogP contribution < -0.4 is 0 Å². The summed E-state index contributed by atoms with van der Waals surface area (Å²) in [6.45, 7) is 18.8. The summed E-state index contributed by atoms with van der Waals surface area (Å²) in [7, 11) is -1.72. The van der Waals surface area contributed by atoms with Crippen LogP contribution in [0.2, 0.25) is 18.1 Å². The van der Waals surface area contributed by atoms with Crippen molar-refractivity contribution in [3.05, 3.63) is 48.0 Å². The maximum absolute atomic E-state index is 12.8. The average Bonchev–Trinajstić information content (AvgIpc) is 2.74. The Balaban J connectivity index is 1.80. The highest BCUT2D eigenvalue weighted by atomic mass is 28.4. The second-order valence-electron chi connectivity index (χ2n) is 11.3. The highest BCUT2D eigenvalue weighted by Crippen LogP contribution is 2.36. The van der Waals surface area contributed by atoms with Gasteiger partial charge in [-0.25, -0.2) is 0 Å². The molecule has 1 saturated heterocycles. The molecule has 0 bridgehead atoms. The lowest BCUT2D eigenvalue weighted by molar-refractivity contribution is -0.296. The van der Waals surface area contributed by atoms with Gasteiger partial charge in [0.25, 0.3) is 0 Å². The first-order valence-corrected chi connectivity index (χ1v) is 15.5. The Morgan fingerprint density at radius 3 is 2.50 bits per heavy atom. The van der Waals surface area contributed by atoms with Crippen molar-refractivity contribution < 1.29 is 23.4 Å². The Morgan fingerprint density at radius 1 is 1.18 bits per heavy atom. The lowest BCUT2D eigenvalue weighted by atomic mass is 9.92. The van der Waals surface area contributed by atoms with Gasteiger partial charge in [0.05, 0.1) is 25.4 Å². The largest absolute Gasteiger partial charge is 0.417 e. The van der Waals surface area contributed by atoms with Crippen LogP contribution in [0.4, 0.5) is 0 Å². The minimum Gasteiger partial charge on any atom is -0.417 e. The molecule has 192 valence electrons. The van der Waals surface area contributed by atoms with E-state index in [1.54, 1.807) is 0 Å². The molecule has 34 heavy (non-hydrogen) atoms. The summed E-state index contributed by atoms with van der Waals surface area (Å²) in [6, 6.07) is 10.0. The van der Waals surface area contributed by atoms with Gasteiger partial charge in [-0.3, -0.25) is 4.79 Å². The maximum atomic E-state index is 12.8. The van der Waals surface area contributed by atoms with Crippen LogP contribution in [0, 0.1) is 5.92 Å². The SMILES string of the molecule is C[C@@H](C(=O)CCOCc1ccccc1)[C@@H]1C[C@@H](/C=C/CCO[Si](C)(C)C(C)(C)C)OC(C)(C)O1. The number of carbonyl (C=O) groups is 1. The molecule has 1 aromatic rings. The van der Waals surface area contributed by atoms with Crippen molar-refractivity contribution >= 4 is 14.1 Å². The number of hydrogen-bond donors (Lipinski definition) is 0. The molecule has 0 amide bonds. The zero-order valence-corrected chi connectivity index (χ0v) is 23.6. The lowest BCUT2D eigenvalue weighted by Gasteiger charge is -2.41. The Labute approximate surface area is 208 Å². The molecule has 2 rings (SSSR count). The second kappa shape index (κ2) is 12.6. The summed E-state index contributed by atoms with van der Waals surface area (Å²) < 4.78 is 24.2. The van der Waals surface area contributed by atoms with E-state index >= 15 is 0 Å². The molecule has 0 radical (unpaired) electrons. The van der Waals surface area contributed by atoms with E-state index in [9.17, 15) is 4.79 Å². The number of rotatable bonds is 12. The number of ether oxygens (including phenoxy) is 3. The Kier molecular flexibility index (Phi) is 10.7. The average molecular weight is 491 g/mol. The zero-order valence-electron chi connectivity index (χ0n) is 22.6. The molecule has 0 spiro atoms. The standard InChI is InChI=1S/C28H46O5Si/c1-22(25(29)17-19-30-21-23-14-10-9-11-15-23)26-20-24(32-28(5,6)33-26)16-12-13-18-31-34(7,8)27(2,3)4/h9-12,14-16,22,24,26H,13,17-21H2,1-8H3/b16-12+/t22-,24+,26-/m0/s1. The first-order valence-electron chi connectivity index (χ1n) is 12.6. The number of carbonyl (C=O) groups excluding carboxylic acids is 1. The van der Waals surface area contributed by atoms with Crippen LogP contribution in [-0.4, -0.2) is 45.3 Å². The summed E-state index contributed by atoms with van der Waals surface area (Å²) in [5, 5.41) is 0.215. The van der Waals surface area contributed by atoms with Gasteiger partial charge in [0, 0.05) is 25.4 Å². The van der Waals surface area contributed by atoms with Gasteiger partial charge in [0.1, 0.15) is 5.78 Å². The first kappa shape index (κ1) is 28.9. The first-order chi connectivity index (χ1) is 15.8. The maximum Gasteiger partial charge on any atom is 0.191 e. The van der Waals surface area contributed by atoms with E-state index < -0.39 is 14.1 Å². The lowest BCUT2D eigenvalue weighted by Crippen LogP contribution is -2.47. The summed E-state index contributed by atoms with van der Waals surface area (Å²) in [4.78, 5) is 12.8. The van der Waals surface area contributed by atoms with E-state index in [2.05, 4.69) is 46.0 Å². The molecule has 1 aliphatic rings. The third-order valence-corrected chi connectivity index (χ3v) is 11.4. The van der Waals surface area contributed by atoms with Gasteiger partial charge in [-0.1, -0.05) is 70.2 Å². The topological polar surface area (TPSA) is 54.0 Å². The molecule has 3 atom stereocenters. The minimum absolute atomic E-state index is 0.0776. The van der Waals surface area contributed by atoms with E-state index in [1.165, 1.54) is 0 Å². The number of ketones is 1. The van der Waals surface area contributed by atoms with Gasteiger partial charge >= 0.3 is 0 Å². The van der Waals surface area contributed by atoms with Crippen molar-refractivity contribution in [2.45, 2.75) is 104 Å². The Hall–Kier alpha value is -1.31. The van der Waals surface area contributed by atoms with Crippen LogP contribution in [-0.2, 0) is 30.0 Å². The van der Waals surface area contributed by atoms with Crippen molar-refractivity contribution in [1.29, 1.82) is 0 Å². The highest BCUT2D eigenvalue weighted by molar-refractivity contribution is 6.74. The zero-order chi connectivity index (χ0) is 25.4. The molecule has 1 heterocycles. The molecule has 0 saturated carbocycles. The fourth-order valence-corrected chi connectivity index (χ4v) is 4.79. The third kappa shape index (κ3) is 9.38. The molecule has 6 heteroatoms. The van der Waals surface area contributed by atoms with Gasteiger partial charge in [-0.05, 0) is 44.0 Å².